The van der Waals surface area contributed by atoms with Crippen LogP contribution in [0.15, 0.2) is 0 Å². The third-order valence-corrected chi connectivity index (χ3v) is 4.27. The van der Waals surface area contributed by atoms with Crippen LogP contribution in [-0.2, 0) is 30.2 Å². The molecule has 0 aromatic heterocycles. The van der Waals surface area contributed by atoms with Crippen LogP contribution in [-0.4, -0.2) is 49.2 Å². The van der Waals surface area contributed by atoms with Crippen molar-refractivity contribution >= 4 is 26.6 Å². The molecule has 0 aromatic carbocycles. The lowest BCUT2D eigenvalue weighted by atomic mass is 10.3. The maximum Gasteiger partial charge on any atom is 0.305 e. The third-order valence-electron chi connectivity index (χ3n) is 1.66. The summed E-state index contributed by atoms with van der Waals surface area (Å²) in [6, 6.07) is 0. The fourth-order valence-corrected chi connectivity index (χ4v) is 3.45. The van der Waals surface area contributed by atoms with E-state index in [2.05, 4.69) is 4.74 Å². The highest BCUT2D eigenvalue weighted by molar-refractivity contribution is 7.92. The fraction of sp³-hybridized carbons (Fsp3) is 0.875. The summed E-state index contributed by atoms with van der Waals surface area (Å²) in [5, 5.41) is 0. The maximum absolute atomic E-state index is 11.3. The third kappa shape index (κ3) is 9.86. The highest BCUT2D eigenvalue weighted by Crippen LogP contribution is 1.96. The Morgan fingerprint density at radius 1 is 1.33 bits per heavy atom. The molecule has 0 rings (SSSR count). The molecular weight excluding hydrogens is 240 g/mol. The molecule has 1 atom stereocenters. The first-order valence-electron chi connectivity index (χ1n) is 4.44. The van der Waals surface area contributed by atoms with Crippen molar-refractivity contribution in [3.05, 3.63) is 0 Å². The molecule has 0 spiro atoms. The van der Waals surface area contributed by atoms with E-state index in [0.29, 0.717) is 12.2 Å². The number of carbonyl (C=O) groups is 1. The van der Waals surface area contributed by atoms with Crippen LogP contribution in [0.1, 0.15) is 12.8 Å². The van der Waals surface area contributed by atoms with Crippen molar-refractivity contribution in [3.63, 3.8) is 0 Å². The van der Waals surface area contributed by atoms with E-state index < -0.39 is 20.6 Å². The van der Waals surface area contributed by atoms with Crippen molar-refractivity contribution in [1.29, 1.82) is 0 Å². The summed E-state index contributed by atoms with van der Waals surface area (Å²) in [5.74, 6) is 0.0674. The molecule has 90 valence electrons. The predicted octanol–water partition coefficient (Wildman–Crippen LogP) is -0.267. The Bertz CT molecular complexity index is 320. The van der Waals surface area contributed by atoms with Gasteiger partial charge in [0.05, 0.1) is 12.9 Å². The molecule has 7 heteroatoms. The second-order valence-electron chi connectivity index (χ2n) is 3.16. The van der Waals surface area contributed by atoms with E-state index in [1.807, 2.05) is 0 Å². The van der Waals surface area contributed by atoms with Gasteiger partial charge < -0.3 is 4.74 Å². The minimum Gasteiger partial charge on any atom is -0.469 e. The number of hydrogen-bond acceptors (Lipinski definition) is 5. The Kier molecular flexibility index (Phi) is 6.75. The molecule has 0 fully saturated rings. The Morgan fingerprint density at radius 2 is 1.93 bits per heavy atom. The molecule has 0 aliphatic heterocycles. The van der Waals surface area contributed by atoms with E-state index in [4.69, 9.17) is 0 Å². The normalized spacial score (nSPS) is 13.5. The van der Waals surface area contributed by atoms with Crippen molar-refractivity contribution in [2.24, 2.45) is 0 Å². The summed E-state index contributed by atoms with van der Waals surface area (Å²) in [7, 11) is -2.93. The van der Waals surface area contributed by atoms with Crippen LogP contribution in [0.5, 0.6) is 0 Å². The van der Waals surface area contributed by atoms with Crippen molar-refractivity contribution < 1.29 is 22.2 Å². The number of ether oxygens (including phenoxy) is 1. The summed E-state index contributed by atoms with van der Waals surface area (Å²) >= 11 is 0. The Balaban J connectivity index is 3.63. The van der Waals surface area contributed by atoms with E-state index in [0.717, 1.165) is 6.26 Å². The first-order valence-corrected chi connectivity index (χ1v) is 7.99. The molecule has 0 saturated carbocycles. The number of rotatable bonds is 7. The van der Waals surface area contributed by atoms with Crippen LogP contribution in [0.3, 0.4) is 0 Å². The molecule has 0 aliphatic carbocycles. The Morgan fingerprint density at radius 3 is 2.40 bits per heavy atom. The van der Waals surface area contributed by atoms with Crippen molar-refractivity contribution in [3.8, 4) is 0 Å². The molecule has 5 nitrogen and oxygen atoms in total. The van der Waals surface area contributed by atoms with Gasteiger partial charge in [-0.1, -0.05) is 0 Å². The largest absolute Gasteiger partial charge is 0.469 e. The number of methoxy groups -OCH3 is 1. The van der Waals surface area contributed by atoms with E-state index in [9.17, 15) is 17.4 Å². The van der Waals surface area contributed by atoms with Crippen molar-refractivity contribution in [2.75, 3.05) is 30.6 Å². The van der Waals surface area contributed by atoms with Gasteiger partial charge in [0.15, 0.2) is 0 Å². The lowest BCUT2D eigenvalue weighted by Gasteiger charge is -2.01. The van der Waals surface area contributed by atoms with Gasteiger partial charge >= 0.3 is 5.97 Å². The highest BCUT2D eigenvalue weighted by Gasteiger charge is 2.07. The molecule has 0 bridgehead atoms. The number of hydrogen-bond donors (Lipinski definition) is 0. The molecule has 0 aromatic rings. The van der Waals surface area contributed by atoms with Crippen LogP contribution >= 0.6 is 0 Å². The van der Waals surface area contributed by atoms with Gasteiger partial charge in [0.2, 0.25) is 0 Å². The molecule has 0 radical (unpaired) electrons. The van der Waals surface area contributed by atoms with Crippen molar-refractivity contribution in [2.45, 2.75) is 12.8 Å². The van der Waals surface area contributed by atoms with E-state index in [1.54, 1.807) is 0 Å². The van der Waals surface area contributed by atoms with Gasteiger partial charge in [-0.15, -0.1) is 0 Å². The van der Waals surface area contributed by atoms with Gasteiger partial charge in [-0.05, 0) is 6.42 Å². The summed E-state index contributed by atoms with van der Waals surface area (Å²) in [6.45, 7) is 0. The Hall–Kier alpha value is -0.430. The van der Waals surface area contributed by atoms with E-state index in [1.165, 1.54) is 7.11 Å². The first kappa shape index (κ1) is 14.6. The molecule has 1 unspecified atom stereocenters. The smallest absolute Gasteiger partial charge is 0.305 e. The zero-order valence-corrected chi connectivity index (χ0v) is 10.5. The molecule has 0 saturated heterocycles. The SMILES string of the molecule is COC(=O)CCCS(=O)CCS(C)(=O)=O. The standard InChI is InChI=1S/C8H16O5S2/c1-13-8(9)4-3-5-14(10)6-7-15(2,11)12/h3-7H2,1-2H3. The molecule has 0 N–H and O–H groups in total. The summed E-state index contributed by atoms with van der Waals surface area (Å²) in [6.07, 6.45) is 1.79. The van der Waals surface area contributed by atoms with Gasteiger partial charge in [-0.3, -0.25) is 9.00 Å². The minimum absolute atomic E-state index is 0.0716. The average molecular weight is 256 g/mol. The molecule has 15 heavy (non-hydrogen) atoms. The monoisotopic (exact) mass is 256 g/mol. The Labute approximate surface area is 92.6 Å². The lowest BCUT2D eigenvalue weighted by Crippen LogP contribution is -2.14. The van der Waals surface area contributed by atoms with Gasteiger partial charge in [0.25, 0.3) is 0 Å². The van der Waals surface area contributed by atoms with E-state index >= 15 is 0 Å². The lowest BCUT2D eigenvalue weighted by molar-refractivity contribution is -0.140. The van der Waals surface area contributed by atoms with Gasteiger partial charge in [0.1, 0.15) is 9.84 Å². The minimum atomic E-state index is -3.05. The van der Waals surface area contributed by atoms with Gasteiger partial charge in [-0.25, -0.2) is 8.42 Å². The molecule has 0 amide bonds. The maximum atomic E-state index is 11.3. The summed E-state index contributed by atoms with van der Waals surface area (Å²) in [4.78, 5) is 10.7. The topological polar surface area (TPSA) is 77.5 Å². The summed E-state index contributed by atoms with van der Waals surface area (Å²) < 4.78 is 37.2. The van der Waals surface area contributed by atoms with Crippen molar-refractivity contribution in [1.82, 2.24) is 0 Å². The average Bonchev–Trinajstić information content (AvgIpc) is 2.13. The second-order valence-corrected chi connectivity index (χ2v) is 7.11. The molecular formula is C8H16O5S2. The molecule has 0 heterocycles. The highest BCUT2D eigenvalue weighted by atomic mass is 32.2. The van der Waals surface area contributed by atoms with Crippen LogP contribution in [0, 0.1) is 0 Å². The predicted molar refractivity (Wildman–Crippen MR) is 58.8 cm³/mol. The van der Waals surface area contributed by atoms with Gasteiger partial charge in [0, 0.05) is 35.0 Å². The van der Waals surface area contributed by atoms with Crippen LogP contribution < -0.4 is 0 Å². The zero-order valence-electron chi connectivity index (χ0n) is 8.89. The number of sulfone groups is 1. The fourth-order valence-electron chi connectivity index (χ4n) is 0.826. The van der Waals surface area contributed by atoms with Gasteiger partial charge in [-0.2, -0.15) is 0 Å². The van der Waals surface area contributed by atoms with E-state index in [-0.39, 0.29) is 23.9 Å². The zero-order chi connectivity index (χ0) is 11.9. The second kappa shape index (κ2) is 6.95. The van der Waals surface area contributed by atoms with Crippen LogP contribution in [0.2, 0.25) is 0 Å². The number of carbonyl (C=O) groups excluding carboxylic acids is 1. The molecule has 0 aliphatic rings. The van der Waals surface area contributed by atoms with Crippen LogP contribution in [0.4, 0.5) is 0 Å². The quantitative estimate of drug-likeness (QED) is 0.586. The summed E-state index contributed by atoms with van der Waals surface area (Å²) in [5.41, 5.74) is 0. The first-order chi connectivity index (χ1) is 6.85. The number of esters is 1. The van der Waals surface area contributed by atoms with Crippen LogP contribution in [0.25, 0.3) is 0 Å².